The Labute approximate surface area is 217 Å². The highest BCUT2D eigenvalue weighted by atomic mass is 35.5. The number of amides is 2. The van der Waals surface area contributed by atoms with Crippen LogP contribution in [0.1, 0.15) is 57.1 Å². The number of rotatable bonds is 4. The van der Waals surface area contributed by atoms with E-state index in [-0.39, 0.29) is 30.2 Å². The van der Waals surface area contributed by atoms with Crippen LogP contribution in [0.15, 0.2) is 36.4 Å². The molecule has 1 fully saturated rings. The van der Waals surface area contributed by atoms with Gasteiger partial charge in [-0.3, -0.25) is 14.6 Å². The maximum atomic E-state index is 13.8. The van der Waals surface area contributed by atoms with E-state index in [1.807, 2.05) is 35.2 Å². The number of piperidine rings is 1. The smallest absolute Gasteiger partial charge is 0.414 e. The number of nitrogens with zero attached hydrogens (tertiary/aromatic N) is 3. The lowest BCUT2D eigenvalue weighted by atomic mass is 9.79. The van der Waals surface area contributed by atoms with Crippen LogP contribution in [0.25, 0.3) is 0 Å². The molecule has 0 radical (unpaired) electrons. The van der Waals surface area contributed by atoms with Gasteiger partial charge in [-0.2, -0.15) is 0 Å². The van der Waals surface area contributed by atoms with Crippen LogP contribution in [0.4, 0.5) is 16.2 Å². The van der Waals surface area contributed by atoms with Crippen molar-refractivity contribution in [3.05, 3.63) is 52.5 Å². The minimum atomic E-state index is -0.320. The minimum Gasteiger partial charge on any atom is -0.495 e. The summed E-state index contributed by atoms with van der Waals surface area (Å²) in [6.07, 6.45) is 2.11. The number of benzene rings is 2. The summed E-state index contributed by atoms with van der Waals surface area (Å²) in [6.45, 7) is 8.51. The van der Waals surface area contributed by atoms with Gasteiger partial charge in [0, 0.05) is 35.3 Å². The topological polar surface area (TPSA) is 62.3 Å². The van der Waals surface area contributed by atoms with E-state index in [9.17, 15) is 9.59 Å². The van der Waals surface area contributed by atoms with Crippen molar-refractivity contribution in [1.29, 1.82) is 0 Å². The van der Waals surface area contributed by atoms with Gasteiger partial charge in [-0.15, -0.1) is 0 Å². The van der Waals surface area contributed by atoms with Crippen molar-refractivity contribution in [2.75, 3.05) is 36.5 Å². The Kier molecular flexibility index (Phi) is 6.64. The van der Waals surface area contributed by atoms with E-state index < -0.39 is 0 Å². The van der Waals surface area contributed by atoms with Gasteiger partial charge in [-0.25, -0.2) is 4.79 Å². The molecule has 1 unspecified atom stereocenters. The lowest BCUT2D eigenvalue weighted by molar-refractivity contribution is -0.121. The van der Waals surface area contributed by atoms with Crippen molar-refractivity contribution in [3.63, 3.8) is 0 Å². The second-order valence-corrected chi connectivity index (χ2v) is 11.2. The first-order valence-electron chi connectivity index (χ1n) is 12.7. The van der Waals surface area contributed by atoms with Crippen LogP contribution >= 0.6 is 11.6 Å². The zero-order valence-corrected chi connectivity index (χ0v) is 22.2. The molecule has 2 aromatic carbocycles. The molecule has 0 spiro atoms. The normalized spacial score (nSPS) is 22.0. The Hall–Kier alpha value is -2.77. The molecule has 192 valence electrons. The number of halogens is 1. The van der Waals surface area contributed by atoms with Crippen LogP contribution in [-0.2, 0) is 16.1 Å². The molecular weight excluding hydrogens is 478 g/mol. The summed E-state index contributed by atoms with van der Waals surface area (Å²) >= 11 is 6.15. The highest BCUT2D eigenvalue weighted by molar-refractivity contribution is 6.30. The summed E-state index contributed by atoms with van der Waals surface area (Å²) in [5.74, 6) is 1.15. The summed E-state index contributed by atoms with van der Waals surface area (Å²) < 4.78 is 11.1. The van der Waals surface area contributed by atoms with E-state index >= 15 is 0 Å². The highest BCUT2D eigenvalue weighted by Gasteiger charge is 2.42. The number of ether oxygens (including phenoxy) is 2. The zero-order valence-electron chi connectivity index (χ0n) is 21.4. The van der Waals surface area contributed by atoms with Crippen LogP contribution in [0.3, 0.4) is 0 Å². The van der Waals surface area contributed by atoms with Gasteiger partial charge in [0.1, 0.15) is 12.4 Å². The largest absolute Gasteiger partial charge is 0.495 e. The standard InChI is InChI=1S/C28H34ClN3O4/c1-18-15-28(2,3)32(26-22(18)6-5-7-24(26)35-4)25(33)16-30-12-10-21(11-13-30)31-23-9-8-20(29)14-19(23)17-36-27(31)34/h5-9,14,18,21H,10-13,15-17H2,1-4H3. The molecule has 0 aliphatic carbocycles. The van der Waals surface area contributed by atoms with Gasteiger partial charge in [0.05, 0.1) is 25.0 Å². The molecule has 1 atom stereocenters. The molecule has 2 aromatic rings. The van der Waals surface area contributed by atoms with Gasteiger partial charge in [-0.1, -0.05) is 30.7 Å². The monoisotopic (exact) mass is 511 g/mol. The van der Waals surface area contributed by atoms with Crippen LogP contribution in [-0.4, -0.2) is 55.2 Å². The molecule has 0 N–H and O–H groups in total. The maximum Gasteiger partial charge on any atom is 0.414 e. The fourth-order valence-electron chi connectivity index (χ4n) is 6.21. The van der Waals surface area contributed by atoms with Gasteiger partial charge >= 0.3 is 6.09 Å². The lowest BCUT2D eigenvalue weighted by Gasteiger charge is -2.47. The first kappa shape index (κ1) is 24.9. The molecule has 0 aromatic heterocycles. The Bertz CT molecular complexity index is 1180. The maximum absolute atomic E-state index is 13.8. The molecule has 1 saturated heterocycles. The first-order valence-corrected chi connectivity index (χ1v) is 13.0. The van der Waals surface area contributed by atoms with E-state index in [4.69, 9.17) is 21.1 Å². The SMILES string of the molecule is COc1cccc2c1N(C(=O)CN1CCC(N3C(=O)OCc4cc(Cl)ccc43)CC1)C(C)(C)CC2C. The number of cyclic esters (lactones) is 1. The number of carbonyl (C=O) groups excluding carboxylic acids is 2. The number of likely N-dealkylation sites (tertiary alicyclic amines) is 1. The summed E-state index contributed by atoms with van der Waals surface area (Å²) in [7, 11) is 1.66. The molecule has 7 nitrogen and oxygen atoms in total. The Morgan fingerprint density at radius 1 is 1.19 bits per heavy atom. The lowest BCUT2D eigenvalue weighted by Crippen LogP contribution is -2.56. The number of anilines is 2. The number of hydrogen-bond acceptors (Lipinski definition) is 5. The van der Waals surface area contributed by atoms with Crippen molar-refractivity contribution in [3.8, 4) is 5.75 Å². The number of fused-ring (bicyclic) bond motifs is 2. The molecule has 36 heavy (non-hydrogen) atoms. The predicted octanol–water partition coefficient (Wildman–Crippen LogP) is 5.59. The fraction of sp³-hybridized carbons (Fsp3) is 0.500. The third kappa shape index (κ3) is 4.43. The van der Waals surface area contributed by atoms with Crippen molar-refractivity contribution >= 4 is 35.0 Å². The molecule has 3 aliphatic heterocycles. The summed E-state index contributed by atoms with van der Waals surface area (Å²) in [6, 6.07) is 11.6. The van der Waals surface area contributed by atoms with E-state index in [0.29, 0.717) is 17.5 Å². The molecule has 2 amide bonds. The van der Waals surface area contributed by atoms with E-state index in [0.717, 1.165) is 60.6 Å². The molecule has 3 heterocycles. The Morgan fingerprint density at radius 2 is 1.94 bits per heavy atom. The van der Waals surface area contributed by atoms with Crippen LogP contribution in [0.5, 0.6) is 5.75 Å². The molecule has 5 rings (SSSR count). The summed E-state index contributed by atoms with van der Waals surface area (Å²) in [5, 5.41) is 0.633. The van der Waals surface area contributed by atoms with Gasteiger partial charge in [0.15, 0.2) is 0 Å². The summed E-state index contributed by atoms with van der Waals surface area (Å²) in [5.41, 5.74) is 3.53. The number of para-hydroxylation sites is 1. The molecule has 0 saturated carbocycles. The third-order valence-corrected chi connectivity index (χ3v) is 8.03. The average Bonchev–Trinajstić information content (AvgIpc) is 2.84. The van der Waals surface area contributed by atoms with Gasteiger partial charge in [-0.05, 0) is 68.9 Å². The number of methoxy groups -OCH3 is 1. The Balaban J connectivity index is 1.30. The minimum absolute atomic E-state index is 0.0252. The predicted molar refractivity (Wildman–Crippen MR) is 141 cm³/mol. The van der Waals surface area contributed by atoms with Crippen molar-refractivity contribution in [1.82, 2.24) is 4.90 Å². The van der Waals surface area contributed by atoms with Crippen LogP contribution < -0.4 is 14.5 Å². The fourth-order valence-corrected chi connectivity index (χ4v) is 6.41. The number of hydrogen-bond donors (Lipinski definition) is 0. The third-order valence-electron chi connectivity index (χ3n) is 7.80. The second kappa shape index (κ2) is 9.60. The van der Waals surface area contributed by atoms with E-state index in [1.54, 1.807) is 12.0 Å². The van der Waals surface area contributed by atoms with Crippen molar-refractivity contribution in [2.45, 2.75) is 64.1 Å². The highest BCUT2D eigenvalue weighted by Crippen LogP contribution is 2.47. The van der Waals surface area contributed by atoms with Crippen molar-refractivity contribution in [2.24, 2.45) is 0 Å². The molecule has 8 heteroatoms. The summed E-state index contributed by atoms with van der Waals surface area (Å²) in [4.78, 5) is 32.4. The zero-order chi connectivity index (χ0) is 25.6. The van der Waals surface area contributed by atoms with E-state index in [1.165, 1.54) is 0 Å². The number of carbonyl (C=O) groups is 2. The molecule has 3 aliphatic rings. The average molecular weight is 512 g/mol. The van der Waals surface area contributed by atoms with Crippen molar-refractivity contribution < 1.29 is 19.1 Å². The molecule has 0 bridgehead atoms. The van der Waals surface area contributed by atoms with Gasteiger partial charge < -0.3 is 14.4 Å². The van der Waals surface area contributed by atoms with E-state index in [2.05, 4.69) is 31.7 Å². The van der Waals surface area contributed by atoms with Crippen LogP contribution in [0, 0.1) is 0 Å². The first-order chi connectivity index (χ1) is 17.2. The van der Waals surface area contributed by atoms with Gasteiger partial charge in [0.25, 0.3) is 0 Å². The quantitative estimate of drug-likeness (QED) is 0.535. The molecular formula is C28H34ClN3O4. The Morgan fingerprint density at radius 3 is 2.67 bits per heavy atom. The second-order valence-electron chi connectivity index (χ2n) is 10.7. The van der Waals surface area contributed by atoms with Gasteiger partial charge in [0.2, 0.25) is 5.91 Å². The van der Waals surface area contributed by atoms with Crippen LogP contribution in [0.2, 0.25) is 5.02 Å².